The van der Waals surface area contributed by atoms with Gasteiger partial charge in [0.1, 0.15) is 12.1 Å². The molecule has 3 rings (SSSR count). The quantitative estimate of drug-likeness (QED) is 0.296. The van der Waals surface area contributed by atoms with Crippen LogP contribution in [0.15, 0.2) is 42.5 Å². The smallest absolute Gasteiger partial charge is 1.00 e. The number of aryl methyl sites for hydroxylation is 1. The molecule has 10 heteroatoms. The topological polar surface area (TPSA) is 114 Å². The minimum Gasteiger partial charge on any atom is -1.00 e. The largest absolute Gasteiger partial charge is 1.00 e. The predicted molar refractivity (Wildman–Crippen MR) is 134 cm³/mol. The number of carbonyl (C=O) groups is 3. The van der Waals surface area contributed by atoms with Crippen LogP contribution in [0.2, 0.25) is 0 Å². The van der Waals surface area contributed by atoms with E-state index in [9.17, 15) is 19.5 Å². The first kappa shape index (κ1) is 31.3. The van der Waals surface area contributed by atoms with E-state index >= 15 is 0 Å². The minimum absolute atomic E-state index is 0. The molecule has 0 aromatic heterocycles. The third-order valence-electron chi connectivity index (χ3n) is 6.36. The van der Waals surface area contributed by atoms with Gasteiger partial charge in [-0.1, -0.05) is 30.3 Å². The van der Waals surface area contributed by atoms with E-state index in [0.29, 0.717) is 24.3 Å². The van der Waals surface area contributed by atoms with Crippen LogP contribution < -0.4 is 66.2 Å². The number of fused-ring (bicyclic) bond motifs is 1. The van der Waals surface area contributed by atoms with Crippen molar-refractivity contribution in [1.82, 2.24) is 10.2 Å². The van der Waals surface area contributed by atoms with Gasteiger partial charge in [-0.2, -0.15) is 0 Å². The molecule has 2 unspecified atom stereocenters. The molecular formula is C27H35KN2O7. The number of nitrogens with zero attached hydrogens (tertiary/aromatic N) is 1. The average Bonchev–Trinajstić information content (AvgIpc) is 2.89. The number of carboxylic acids is 1. The summed E-state index contributed by atoms with van der Waals surface area (Å²) in [7, 11) is 3.04. The van der Waals surface area contributed by atoms with Crippen molar-refractivity contribution in [3.8, 4) is 11.5 Å². The molecule has 2 N–H and O–H groups in total. The Bertz CT molecular complexity index is 1090. The van der Waals surface area contributed by atoms with E-state index in [1.807, 2.05) is 30.3 Å². The Morgan fingerprint density at radius 1 is 1.11 bits per heavy atom. The fourth-order valence-corrected chi connectivity index (χ4v) is 4.45. The maximum atomic E-state index is 13.5. The summed E-state index contributed by atoms with van der Waals surface area (Å²) in [6, 6.07) is 10.7. The molecule has 1 aliphatic rings. The van der Waals surface area contributed by atoms with E-state index < -0.39 is 36.0 Å². The van der Waals surface area contributed by atoms with E-state index in [0.717, 1.165) is 16.7 Å². The summed E-state index contributed by atoms with van der Waals surface area (Å²) < 4.78 is 15.9. The van der Waals surface area contributed by atoms with Crippen LogP contribution in [0.3, 0.4) is 0 Å². The Morgan fingerprint density at radius 3 is 2.30 bits per heavy atom. The van der Waals surface area contributed by atoms with Crippen LogP contribution in [0.25, 0.3) is 0 Å². The first-order chi connectivity index (χ1) is 17.3. The van der Waals surface area contributed by atoms with E-state index in [4.69, 9.17) is 14.2 Å². The molecule has 9 nitrogen and oxygen atoms in total. The standard InChI is InChI=1S/C27H34N2O7.K.H/c1-5-36-27(33)21(12-11-18-9-7-6-8-10-18)28-17(2)25(30)29-16-20-15-24(35-4)23(34-3)14-19(20)13-22(29)26(31)32;;/h6-10,14-15,17,21-22,28H,5,11-13,16H2,1-4H3,(H,31,32);;/q;+1;-1/t17?,21?,22-;;/m0../s1. The zero-order valence-electron chi connectivity index (χ0n) is 23.2. The second-order valence-corrected chi connectivity index (χ2v) is 8.72. The monoisotopic (exact) mass is 538 g/mol. The number of carboxylic acid groups (broad SMARTS) is 1. The number of carbonyl (C=O) groups excluding carboxylic acids is 2. The Balaban J connectivity index is 0.00000361. The molecule has 2 aromatic rings. The van der Waals surface area contributed by atoms with Crippen LogP contribution in [-0.4, -0.2) is 66.8 Å². The molecule has 0 saturated carbocycles. The number of rotatable bonds is 11. The molecule has 0 saturated heterocycles. The normalized spacial score (nSPS) is 16.0. The van der Waals surface area contributed by atoms with Crippen LogP contribution in [-0.2, 0) is 38.5 Å². The Labute approximate surface area is 261 Å². The van der Waals surface area contributed by atoms with Gasteiger partial charge in [0, 0.05) is 13.0 Å². The molecule has 0 aliphatic carbocycles. The van der Waals surface area contributed by atoms with Gasteiger partial charge >= 0.3 is 63.3 Å². The van der Waals surface area contributed by atoms with Gasteiger partial charge in [-0.15, -0.1) is 0 Å². The Hall–Kier alpha value is -1.95. The number of ether oxygens (including phenoxy) is 3. The van der Waals surface area contributed by atoms with Gasteiger partial charge in [-0.05, 0) is 55.5 Å². The zero-order valence-corrected chi connectivity index (χ0v) is 25.3. The third-order valence-corrected chi connectivity index (χ3v) is 6.36. The number of hydrogen-bond acceptors (Lipinski definition) is 7. The fraction of sp³-hybridized carbons (Fsp3) is 0.444. The van der Waals surface area contributed by atoms with Crippen molar-refractivity contribution >= 4 is 17.8 Å². The number of esters is 1. The van der Waals surface area contributed by atoms with Gasteiger partial charge in [0.15, 0.2) is 11.5 Å². The maximum Gasteiger partial charge on any atom is 1.00 e. The van der Waals surface area contributed by atoms with Gasteiger partial charge in [-0.25, -0.2) is 4.79 Å². The number of methoxy groups -OCH3 is 2. The molecule has 2 aromatic carbocycles. The fourth-order valence-electron chi connectivity index (χ4n) is 4.45. The SMILES string of the molecule is CCOC(=O)C(CCc1ccccc1)NC(C)C(=O)N1Cc2cc(OC)c(OC)cc2C[C@H]1C(=O)O.[H-].[K+]. The van der Waals surface area contributed by atoms with Gasteiger partial charge in [-0.3, -0.25) is 14.9 Å². The molecule has 0 fully saturated rings. The van der Waals surface area contributed by atoms with E-state index in [-0.39, 0.29) is 72.4 Å². The predicted octanol–water partition coefficient (Wildman–Crippen LogP) is -0.299. The van der Waals surface area contributed by atoms with Crippen LogP contribution in [0.4, 0.5) is 0 Å². The van der Waals surface area contributed by atoms with E-state index in [2.05, 4.69) is 5.32 Å². The molecule has 196 valence electrons. The molecule has 1 amide bonds. The molecule has 3 atom stereocenters. The molecule has 0 spiro atoms. The van der Waals surface area contributed by atoms with Crippen LogP contribution in [0.5, 0.6) is 11.5 Å². The Kier molecular flexibility index (Phi) is 12.5. The van der Waals surface area contributed by atoms with Crippen molar-refractivity contribution in [2.75, 3.05) is 20.8 Å². The number of hydrogen-bond donors (Lipinski definition) is 2. The summed E-state index contributed by atoms with van der Waals surface area (Å²) in [5.41, 5.74) is 2.64. The van der Waals surface area contributed by atoms with E-state index in [1.165, 1.54) is 19.1 Å². The molecule has 0 radical (unpaired) electrons. The molecule has 37 heavy (non-hydrogen) atoms. The van der Waals surface area contributed by atoms with Gasteiger partial charge in [0.05, 0.1) is 26.9 Å². The number of benzene rings is 2. The second kappa shape index (κ2) is 14.8. The average molecular weight is 539 g/mol. The number of nitrogens with one attached hydrogen (secondary N) is 1. The Morgan fingerprint density at radius 2 is 1.73 bits per heavy atom. The van der Waals surface area contributed by atoms with Crippen LogP contribution in [0, 0.1) is 0 Å². The van der Waals surface area contributed by atoms with Crippen molar-refractivity contribution in [3.05, 3.63) is 59.2 Å². The van der Waals surface area contributed by atoms with E-state index in [1.54, 1.807) is 26.0 Å². The first-order valence-electron chi connectivity index (χ1n) is 12.0. The summed E-state index contributed by atoms with van der Waals surface area (Å²) in [6.07, 6.45) is 1.19. The van der Waals surface area contributed by atoms with Crippen molar-refractivity contribution in [3.63, 3.8) is 0 Å². The zero-order chi connectivity index (χ0) is 26.2. The molecule has 1 aliphatic heterocycles. The second-order valence-electron chi connectivity index (χ2n) is 8.72. The maximum absolute atomic E-state index is 13.5. The third kappa shape index (κ3) is 8.02. The number of amides is 1. The van der Waals surface area contributed by atoms with Crippen molar-refractivity contribution < 1.29 is 86.5 Å². The summed E-state index contributed by atoms with van der Waals surface area (Å²) in [5, 5.41) is 13.0. The van der Waals surface area contributed by atoms with Crippen molar-refractivity contribution in [1.29, 1.82) is 0 Å². The van der Waals surface area contributed by atoms with Crippen molar-refractivity contribution in [2.24, 2.45) is 0 Å². The minimum atomic E-state index is -1.10. The van der Waals surface area contributed by atoms with Crippen LogP contribution in [0.1, 0.15) is 38.4 Å². The number of aliphatic carboxylic acids is 1. The van der Waals surface area contributed by atoms with Crippen molar-refractivity contribution in [2.45, 2.75) is 57.8 Å². The van der Waals surface area contributed by atoms with Crippen LogP contribution >= 0.6 is 0 Å². The van der Waals surface area contributed by atoms with Gasteiger partial charge in [0.25, 0.3) is 0 Å². The molecular weight excluding hydrogens is 503 g/mol. The molecule has 1 heterocycles. The summed E-state index contributed by atoms with van der Waals surface area (Å²) >= 11 is 0. The summed E-state index contributed by atoms with van der Waals surface area (Å²) in [5.74, 6) is -0.930. The van der Waals surface area contributed by atoms with Gasteiger partial charge < -0.3 is 25.6 Å². The first-order valence-corrected chi connectivity index (χ1v) is 12.0. The molecule has 0 bridgehead atoms. The summed E-state index contributed by atoms with van der Waals surface area (Å²) in [6.45, 7) is 3.69. The van der Waals surface area contributed by atoms with Gasteiger partial charge in [0.2, 0.25) is 5.91 Å². The summed E-state index contributed by atoms with van der Waals surface area (Å²) in [4.78, 5) is 39.6.